The number of hydrogen-bond acceptors (Lipinski definition) is 8. The van der Waals surface area contributed by atoms with E-state index in [1.54, 1.807) is 48.5 Å². The molecule has 0 spiro atoms. The lowest BCUT2D eigenvalue weighted by atomic mass is 10.1. The SMILES string of the molecule is COCC(C)n1c(SCC(=O)N2N=C(c3ccco3)CC2c2ccco2)nc2ccccc2c1=O. The van der Waals surface area contributed by atoms with E-state index < -0.39 is 0 Å². The molecule has 2 unspecified atom stereocenters. The Morgan fingerprint density at radius 2 is 1.97 bits per heavy atom. The molecule has 4 heterocycles. The zero-order valence-electron chi connectivity index (χ0n) is 19.3. The standard InChI is InChI=1S/C25H24N4O5S/c1-16(14-32-2)28-24(31)17-7-3-4-8-18(17)26-25(28)35-15-23(30)29-20(22-10-6-12-34-22)13-19(27-29)21-9-5-11-33-21/h3-12,16,20H,13-15H2,1-2H3. The van der Waals surface area contributed by atoms with E-state index in [1.165, 1.54) is 16.8 Å². The van der Waals surface area contributed by atoms with Gasteiger partial charge in [0.1, 0.15) is 23.3 Å². The van der Waals surface area contributed by atoms with Crippen molar-refractivity contribution in [2.75, 3.05) is 19.5 Å². The van der Waals surface area contributed by atoms with Crippen molar-refractivity contribution in [3.63, 3.8) is 0 Å². The van der Waals surface area contributed by atoms with Crippen LogP contribution in [-0.4, -0.2) is 45.6 Å². The zero-order valence-corrected chi connectivity index (χ0v) is 20.1. The van der Waals surface area contributed by atoms with Gasteiger partial charge in [0.2, 0.25) is 0 Å². The molecular formula is C25H24N4O5S. The second-order valence-electron chi connectivity index (χ2n) is 8.18. The molecule has 0 saturated carbocycles. The Hall–Kier alpha value is -3.63. The molecule has 1 aromatic carbocycles. The number of hydrazone groups is 1. The van der Waals surface area contributed by atoms with E-state index in [-0.39, 0.29) is 29.3 Å². The first-order valence-electron chi connectivity index (χ1n) is 11.2. The van der Waals surface area contributed by atoms with Crippen molar-refractivity contribution in [2.45, 2.75) is 30.6 Å². The molecule has 1 aliphatic rings. The summed E-state index contributed by atoms with van der Waals surface area (Å²) in [5.41, 5.74) is 1.09. The van der Waals surface area contributed by atoms with Gasteiger partial charge in [0.05, 0.1) is 41.8 Å². The molecule has 0 fully saturated rings. The number of methoxy groups -OCH3 is 1. The zero-order chi connectivity index (χ0) is 24.4. The number of hydrogen-bond donors (Lipinski definition) is 0. The Labute approximate surface area is 205 Å². The maximum absolute atomic E-state index is 13.4. The summed E-state index contributed by atoms with van der Waals surface area (Å²) in [6.07, 6.45) is 3.62. The summed E-state index contributed by atoms with van der Waals surface area (Å²) in [5.74, 6) is 1.06. The first kappa shape index (κ1) is 23.1. The molecule has 2 atom stereocenters. The van der Waals surface area contributed by atoms with Crippen LogP contribution in [0, 0.1) is 0 Å². The number of nitrogens with zero attached hydrogens (tertiary/aromatic N) is 4. The van der Waals surface area contributed by atoms with Crippen LogP contribution in [0.2, 0.25) is 0 Å². The minimum Gasteiger partial charge on any atom is -0.467 e. The van der Waals surface area contributed by atoms with Crippen molar-refractivity contribution in [2.24, 2.45) is 5.10 Å². The van der Waals surface area contributed by atoms with Crippen LogP contribution in [0.4, 0.5) is 0 Å². The van der Waals surface area contributed by atoms with Gasteiger partial charge in [-0.05, 0) is 43.3 Å². The Morgan fingerprint density at radius 3 is 2.71 bits per heavy atom. The van der Waals surface area contributed by atoms with Crippen molar-refractivity contribution in [1.29, 1.82) is 0 Å². The molecule has 1 aliphatic heterocycles. The Morgan fingerprint density at radius 1 is 1.17 bits per heavy atom. The summed E-state index contributed by atoms with van der Waals surface area (Å²) < 4.78 is 18.0. The van der Waals surface area contributed by atoms with Crippen molar-refractivity contribution >= 4 is 34.3 Å². The largest absolute Gasteiger partial charge is 0.467 e. The number of benzene rings is 1. The fraction of sp³-hybridized carbons (Fsp3) is 0.280. The van der Waals surface area contributed by atoms with Crippen LogP contribution in [0.15, 0.2) is 84.9 Å². The third kappa shape index (κ3) is 4.54. The topological polar surface area (TPSA) is 103 Å². The molecule has 10 heteroatoms. The number of fused-ring (bicyclic) bond motifs is 1. The number of furan rings is 2. The summed E-state index contributed by atoms with van der Waals surface area (Å²) in [4.78, 5) is 31.3. The number of rotatable bonds is 8. The third-order valence-corrected chi connectivity index (χ3v) is 6.73. The second kappa shape index (κ2) is 9.93. The molecule has 0 N–H and O–H groups in total. The number of amides is 1. The molecule has 0 radical (unpaired) electrons. The average molecular weight is 493 g/mol. The van der Waals surface area contributed by atoms with Crippen molar-refractivity contribution in [3.8, 4) is 0 Å². The molecule has 35 heavy (non-hydrogen) atoms. The van der Waals surface area contributed by atoms with Crippen LogP contribution in [0.1, 0.15) is 36.9 Å². The van der Waals surface area contributed by atoms with Gasteiger partial charge in [-0.25, -0.2) is 9.99 Å². The van der Waals surface area contributed by atoms with Gasteiger partial charge in [0, 0.05) is 13.5 Å². The van der Waals surface area contributed by atoms with Gasteiger partial charge in [-0.1, -0.05) is 23.9 Å². The minimum atomic E-state index is -0.377. The molecule has 9 nitrogen and oxygen atoms in total. The highest BCUT2D eigenvalue weighted by molar-refractivity contribution is 7.99. The monoisotopic (exact) mass is 492 g/mol. The van der Waals surface area contributed by atoms with Gasteiger partial charge in [0.25, 0.3) is 11.5 Å². The first-order valence-corrected chi connectivity index (χ1v) is 12.1. The lowest BCUT2D eigenvalue weighted by molar-refractivity contribution is -0.130. The highest BCUT2D eigenvalue weighted by Crippen LogP contribution is 2.34. The number of aromatic nitrogens is 2. The molecule has 0 aliphatic carbocycles. The quantitative estimate of drug-likeness (QED) is 0.267. The Kier molecular flexibility index (Phi) is 6.56. The van der Waals surface area contributed by atoms with Gasteiger partial charge in [-0.3, -0.25) is 14.2 Å². The Balaban J connectivity index is 1.44. The molecule has 0 saturated heterocycles. The fourth-order valence-corrected chi connectivity index (χ4v) is 5.11. The lowest BCUT2D eigenvalue weighted by Gasteiger charge is -2.21. The fourth-order valence-electron chi connectivity index (χ4n) is 4.16. The van der Waals surface area contributed by atoms with Gasteiger partial charge in [0.15, 0.2) is 5.16 Å². The minimum absolute atomic E-state index is 0.0383. The van der Waals surface area contributed by atoms with Crippen molar-refractivity contribution < 1.29 is 18.4 Å². The number of para-hydroxylation sites is 1. The first-order chi connectivity index (χ1) is 17.1. The highest BCUT2D eigenvalue weighted by atomic mass is 32.2. The van der Waals surface area contributed by atoms with Crippen molar-refractivity contribution in [3.05, 3.63) is 82.9 Å². The predicted octanol–water partition coefficient (Wildman–Crippen LogP) is 4.26. The highest BCUT2D eigenvalue weighted by Gasteiger charge is 2.35. The Bertz CT molecular complexity index is 1410. The molecule has 1 amide bonds. The predicted molar refractivity (Wildman–Crippen MR) is 131 cm³/mol. The van der Waals surface area contributed by atoms with E-state index >= 15 is 0 Å². The van der Waals surface area contributed by atoms with E-state index in [0.29, 0.717) is 46.3 Å². The maximum Gasteiger partial charge on any atom is 0.262 e. The third-order valence-electron chi connectivity index (χ3n) is 5.79. The molecular weight excluding hydrogens is 468 g/mol. The van der Waals surface area contributed by atoms with Crippen LogP contribution in [-0.2, 0) is 9.53 Å². The summed E-state index contributed by atoms with van der Waals surface area (Å²) >= 11 is 1.20. The molecule has 180 valence electrons. The summed E-state index contributed by atoms with van der Waals surface area (Å²) in [6.45, 7) is 2.23. The molecule has 3 aromatic heterocycles. The normalized spacial score (nSPS) is 16.6. The van der Waals surface area contributed by atoms with Crippen molar-refractivity contribution in [1.82, 2.24) is 14.6 Å². The molecule has 4 aromatic rings. The molecule has 0 bridgehead atoms. The van der Waals surface area contributed by atoms with Gasteiger partial charge in [-0.15, -0.1) is 0 Å². The summed E-state index contributed by atoms with van der Waals surface area (Å²) in [5, 5.41) is 6.97. The van der Waals surface area contributed by atoms with Crippen LogP contribution in [0.25, 0.3) is 10.9 Å². The lowest BCUT2D eigenvalue weighted by Crippen LogP contribution is -2.30. The number of carbonyl (C=O) groups is 1. The van der Waals surface area contributed by atoms with Gasteiger partial charge >= 0.3 is 0 Å². The van der Waals surface area contributed by atoms with E-state index in [2.05, 4.69) is 5.10 Å². The number of carbonyl (C=O) groups excluding carboxylic acids is 1. The van der Waals surface area contributed by atoms with E-state index in [0.717, 1.165) is 0 Å². The van der Waals surface area contributed by atoms with Crippen LogP contribution in [0.3, 0.4) is 0 Å². The summed E-state index contributed by atoms with van der Waals surface area (Å²) in [7, 11) is 1.59. The van der Waals surface area contributed by atoms with Crippen LogP contribution < -0.4 is 5.56 Å². The van der Waals surface area contributed by atoms with E-state index in [4.69, 9.17) is 18.6 Å². The number of thioether (sulfide) groups is 1. The van der Waals surface area contributed by atoms with Crippen LogP contribution in [0.5, 0.6) is 0 Å². The second-order valence-corrected chi connectivity index (χ2v) is 9.12. The van der Waals surface area contributed by atoms with Gasteiger partial charge in [-0.2, -0.15) is 5.10 Å². The van der Waals surface area contributed by atoms with E-state index in [1.807, 2.05) is 31.2 Å². The summed E-state index contributed by atoms with van der Waals surface area (Å²) in [6, 6.07) is 13.8. The van der Waals surface area contributed by atoms with Gasteiger partial charge < -0.3 is 13.6 Å². The smallest absolute Gasteiger partial charge is 0.262 e. The van der Waals surface area contributed by atoms with Crippen LogP contribution >= 0.6 is 11.8 Å². The number of ether oxygens (including phenoxy) is 1. The maximum atomic E-state index is 13.4. The molecule has 5 rings (SSSR count). The van der Waals surface area contributed by atoms with E-state index in [9.17, 15) is 9.59 Å². The average Bonchev–Trinajstić information content (AvgIpc) is 3.63.